The van der Waals surface area contributed by atoms with Gasteiger partial charge in [0.15, 0.2) is 6.61 Å². The maximum atomic E-state index is 12.1. The Morgan fingerprint density at radius 2 is 1.82 bits per heavy atom. The van der Waals surface area contributed by atoms with E-state index < -0.39 is 5.54 Å². The van der Waals surface area contributed by atoms with Crippen LogP contribution < -0.4 is 10.1 Å². The number of amides is 1. The molecule has 1 fully saturated rings. The van der Waals surface area contributed by atoms with E-state index in [2.05, 4.69) is 21.2 Å². The number of hydrogen-bond acceptors (Lipinski definition) is 4. The standard InChI is InChI=1S/C16H20BrNO4/c1-21-15(20)16(9-3-2-4-10-16)18-14(19)11-22-13-7-5-12(17)6-8-13/h5-8H,2-4,9-11H2,1H3,(H,18,19). The number of methoxy groups -OCH3 is 1. The van der Waals surface area contributed by atoms with Crippen LogP contribution in [0.1, 0.15) is 32.1 Å². The number of hydrogen-bond donors (Lipinski definition) is 1. The molecule has 0 saturated heterocycles. The van der Waals surface area contributed by atoms with E-state index in [0.29, 0.717) is 18.6 Å². The highest BCUT2D eigenvalue weighted by atomic mass is 79.9. The minimum Gasteiger partial charge on any atom is -0.484 e. The zero-order chi connectivity index (χ0) is 16.0. The number of halogens is 1. The van der Waals surface area contributed by atoms with Crippen molar-refractivity contribution in [2.24, 2.45) is 0 Å². The van der Waals surface area contributed by atoms with Crippen LogP contribution in [0.15, 0.2) is 28.7 Å². The third-order valence-electron chi connectivity index (χ3n) is 3.85. The molecule has 1 amide bonds. The first-order chi connectivity index (χ1) is 10.6. The molecule has 1 aliphatic rings. The maximum absolute atomic E-state index is 12.1. The first-order valence-corrected chi connectivity index (χ1v) is 8.13. The van der Waals surface area contributed by atoms with Crippen molar-refractivity contribution in [2.75, 3.05) is 13.7 Å². The SMILES string of the molecule is COC(=O)C1(NC(=O)COc2ccc(Br)cc2)CCCCC1. The maximum Gasteiger partial charge on any atom is 0.331 e. The number of carbonyl (C=O) groups excluding carboxylic acids is 2. The molecule has 0 spiro atoms. The molecular weight excluding hydrogens is 350 g/mol. The Labute approximate surface area is 138 Å². The summed E-state index contributed by atoms with van der Waals surface area (Å²) in [6, 6.07) is 7.22. The summed E-state index contributed by atoms with van der Waals surface area (Å²) in [6.07, 6.45) is 4.11. The number of benzene rings is 1. The fourth-order valence-electron chi connectivity index (χ4n) is 2.71. The number of carbonyl (C=O) groups is 2. The molecule has 0 aromatic heterocycles. The van der Waals surface area contributed by atoms with Gasteiger partial charge in [0.05, 0.1) is 7.11 Å². The van der Waals surface area contributed by atoms with Gasteiger partial charge in [-0.3, -0.25) is 4.79 Å². The predicted molar refractivity (Wildman–Crippen MR) is 85.6 cm³/mol. The molecule has 1 N–H and O–H groups in total. The van der Waals surface area contributed by atoms with Crippen molar-refractivity contribution in [2.45, 2.75) is 37.6 Å². The third-order valence-corrected chi connectivity index (χ3v) is 4.37. The first kappa shape index (κ1) is 16.8. The lowest BCUT2D eigenvalue weighted by Gasteiger charge is -2.35. The van der Waals surface area contributed by atoms with E-state index in [1.165, 1.54) is 7.11 Å². The number of nitrogens with one attached hydrogen (secondary N) is 1. The molecule has 0 heterocycles. The fourth-order valence-corrected chi connectivity index (χ4v) is 2.98. The molecule has 0 atom stereocenters. The first-order valence-electron chi connectivity index (χ1n) is 7.33. The molecule has 0 unspecified atom stereocenters. The Kier molecular flexibility index (Phi) is 5.83. The highest BCUT2D eigenvalue weighted by molar-refractivity contribution is 9.10. The monoisotopic (exact) mass is 369 g/mol. The van der Waals surface area contributed by atoms with Crippen molar-refractivity contribution in [1.29, 1.82) is 0 Å². The van der Waals surface area contributed by atoms with Gasteiger partial charge in [0.1, 0.15) is 11.3 Å². The van der Waals surface area contributed by atoms with Crippen LogP contribution in [0.4, 0.5) is 0 Å². The fraction of sp³-hybridized carbons (Fsp3) is 0.500. The van der Waals surface area contributed by atoms with E-state index in [9.17, 15) is 9.59 Å². The Morgan fingerprint density at radius 1 is 1.18 bits per heavy atom. The lowest BCUT2D eigenvalue weighted by Crippen LogP contribution is -2.57. The molecule has 1 aromatic rings. The van der Waals surface area contributed by atoms with Gasteiger partial charge in [-0.25, -0.2) is 4.79 Å². The average Bonchev–Trinajstić information content (AvgIpc) is 2.54. The van der Waals surface area contributed by atoms with Gasteiger partial charge in [-0.2, -0.15) is 0 Å². The van der Waals surface area contributed by atoms with Gasteiger partial charge in [0.2, 0.25) is 0 Å². The Balaban J connectivity index is 1.93. The number of ether oxygens (including phenoxy) is 2. The summed E-state index contributed by atoms with van der Waals surface area (Å²) in [5.41, 5.74) is -0.896. The second-order valence-electron chi connectivity index (χ2n) is 5.43. The predicted octanol–water partition coefficient (Wildman–Crippen LogP) is 2.82. The molecular formula is C16H20BrNO4. The van der Waals surface area contributed by atoms with Crippen LogP contribution >= 0.6 is 15.9 Å². The number of rotatable bonds is 5. The molecule has 22 heavy (non-hydrogen) atoms. The minimum atomic E-state index is -0.896. The highest BCUT2D eigenvalue weighted by Gasteiger charge is 2.41. The van der Waals surface area contributed by atoms with Crippen LogP contribution in [0, 0.1) is 0 Å². The molecule has 1 aromatic carbocycles. The second kappa shape index (κ2) is 7.63. The van der Waals surface area contributed by atoms with E-state index >= 15 is 0 Å². The van der Waals surface area contributed by atoms with Gasteiger partial charge < -0.3 is 14.8 Å². The smallest absolute Gasteiger partial charge is 0.331 e. The molecule has 2 rings (SSSR count). The van der Waals surface area contributed by atoms with Crippen LogP contribution in [0.3, 0.4) is 0 Å². The van der Waals surface area contributed by atoms with Gasteiger partial charge in [-0.15, -0.1) is 0 Å². The Morgan fingerprint density at radius 3 is 2.41 bits per heavy atom. The van der Waals surface area contributed by atoms with Crippen molar-refractivity contribution >= 4 is 27.8 Å². The largest absolute Gasteiger partial charge is 0.484 e. The molecule has 1 saturated carbocycles. The van der Waals surface area contributed by atoms with Gasteiger partial charge in [0, 0.05) is 4.47 Å². The van der Waals surface area contributed by atoms with Crippen molar-refractivity contribution in [1.82, 2.24) is 5.32 Å². The van der Waals surface area contributed by atoms with Gasteiger partial charge >= 0.3 is 5.97 Å². The van der Waals surface area contributed by atoms with E-state index in [1.54, 1.807) is 12.1 Å². The Bertz CT molecular complexity index is 523. The van der Waals surface area contributed by atoms with E-state index in [0.717, 1.165) is 23.7 Å². The average molecular weight is 370 g/mol. The second-order valence-corrected chi connectivity index (χ2v) is 6.34. The summed E-state index contributed by atoms with van der Waals surface area (Å²) in [7, 11) is 1.35. The molecule has 6 heteroatoms. The van der Waals surface area contributed by atoms with Crippen LogP contribution in [0.25, 0.3) is 0 Å². The van der Waals surface area contributed by atoms with E-state index in [-0.39, 0.29) is 18.5 Å². The summed E-state index contributed by atoms with van der Waals surface area (Å²) >= 11 is 3.34. The molecule has 0 aliphatic heterocycles. The zero-order valence-corrected chi connectivity index (χ0v) is 14.1. The highest BCUT2D eigenvalue weighted by Crippen LogP contribution is 2.29. The van der Waals surface area contributed by atoms with E-state index in [1.807, 2.05) is 12.1 Å². The molecule has 1 aliphatic carbocycles. The van der Waals surface area contributed by atoms with Crippen molar-refractivity contribution < 1.29 is 19.1 Å². The zero-order valence-electron chi connectivity index (χ0n) is 12.6. The van der Waals surface area contributed by atoms with Crippen LogP contribution in [-0.4, -0.2) is 31.1 Å². The quantitative estimate of drug-likeness (QED) is 0.810. The summed E-state index contributed by atoms with van der Waals surface area (Å²) < 4.78 is 11.2. The van der Waals surface area contributed by atoms with Crippen LogP contribution in [0.2, 0.25) is 0 Å². The normalized spacial score (nSPS) is 16.6. The minimum absolute atomic E-state index is 0.125. The lowest BCUT2D eigenvalue weighted by molar-refractivity contribution is -0.152. The third kappa shape index (κ3) is 4.22. The van der Waals surface area contributed by atoms with E-state index in [4.69, 9.17) is 9.47 Å². The van der Waals surface area contributed by atoms with Gasteiger partial charge in [-0.05, 0) is 37.1 Å². The van der Waals surface area contributed by atoms with Gasteiger partial charge in [0.25, 0.3) is 5.91 Å². The van der Waals surface area contributed by atoms with Crippen LogP contribution in [-0.2, 0) is 14.3 Å². The summed E-state index contributed by atoms with van der Waals surface area (Å²) in [5.74, 6) is -0.0754. The van der Waals surface area contributed by atoms with Crippen LogP contribution in [0.5, 0.6) is 5.75 Å². The molecule has 0 bridgehead atoms. The van der Waals surface area contributed by atoms with Crippen molar-refractivity contribution in [3.05, 3.63) is 28.7 Å². The molecule has 120 valence electrons. The summed E-state index contributed by atoms with van der Waals surface area (Å²) in [4.78, 5) is 24.2. The van der Waals surface area contributed by atoms with Crippen molar-refractivity contribution in [3.8, 4) is 5.75 Å². The lowest BCUT2D eigenvalue weighted by atomic mass is 9.81. The Hall–Kier alpha value is -1.56. The number of esters is 1. The van der Waals surface area contributed by atoms with Gasteiger partial charge in [-0.1, -0.05) is 35.2 Å². The topological polar surface area (TPSA) is 64.6 Å². The summed E-state index contributed by atoms with van der Waals surface area (Å²) in [5, 5.41) is 2.82. The van der Waals surface area contributed by atoms with Crippen molar-refractivity contribution in [3.63, 3.8) is 0 Å². The molecule has 5 nitrogen and oxygen atoms in total. The molecule has 0 radical (unpaired) electrons. The summed E-state index contributed by atoms with van der Waals surface area (Å²) in [6.45, 7) is -0.125.